The van der Waals surface area contributed by atoms with Crippen LogP contribution in [0.25, 0.3) is 0 Å². The Balaban J connectivity index is 1.85. The number of sulfonamides is 1. The van der Waals surface area contributed by atoms with Crippen LogP contribution in [0.5, 0.6) is 0 Å². The Morgan fingerprint density at radius 1 is 0.943 bits per heavy atom. The predicted molar refractivity (Wildman–Crippen MR) is 135 cm³/mol. The largest absolute Gasteiger partial charge is 0.345 e. The molecule has 0 aliphatic rings. The number of para-hydroxylation sites is 1. The van der Waals surface area contributed by atoms with Crippen LogP contribution in [0.4, 0.5) is 15.8 Å². The minimum Gasteiger partial charge on any atom is -0.345 e. The molecule has 35 heavy (non-hydrogen) atoms. The van der Waals surface area contributed by atoms with Crippen LogP contribution in [0.3, 0.4) is 0 Å². The summed E-state index contributed by atoms with van der Waals surface area (Å²) < 4.78 is 39.6. The van der Waals surface area contributed by atoms with Gasteiger partial charge in [0.1, 0.15) is 11.9 Å². The number of nitrogens with one attached hydrogen (secondary N) is 2. The van der Waals surface area contributed by atoms with Crippen LogP contribution < -0.4 is 14.9 Å². The minimum atomic E-state index is -3.88. The Morgan fingerprint density at radius 3 is 2.14 bits per heavy atom. The topological polar surface area (TPSA) is 95.6 Å². The van der Waals surface area contributed by atoms with E-state index < -0.39 is 27.8 Å². The van der Waals surface area contributed by atoms with Crippen molar-refractivity contribution in [2.75, 3.05) is 15.9 Å². The molecule has 9 heteroatoms. The lowest BCUT2D eigenvalue weighted by atomic mass is 10.1. The Morgan fingerprint density at radius 2 is 1.54 bits per heavy atom. The lowest BCUT2D eigenvalue weighted by molar-refractivity contribution is -0.117. The predicted octanol–water partition coefficient (Wildman–Crippen LogP) is 4.50. The van der Waals surface area contributed by atoms with Crippen molar-refractivity contribution in [1.82, 2.24) is 5.32 Å². The standard InChI is InChI=1S/C26H28FN3O4S/c1-4-24(30(35(3,33)34)21-16-14-20(27)15-17-21)26(32)29-23-13-9-8-12-22(23)25(31)28-18(2)19-10-6-5-7-11-19/h5-18,24H,4H2,1-3H3,(H,28,31)(H,29,32)/t18-,24+/m1/s1. The van der Waals surface area contributed by atoms with Gasteiger partial charge in [-0.1, -0.05) is 49.4 Å². The molecule has 0 fully saturated rings. The number of anilines is 2. The van der Waals surface area contributed by atoms with Crippen molar-refractivity contribution in [3.8, 4) is 0 Å². The van der Waals surface area contributed by atoms with Gasteiger partial charge in [-0.25, -0.2) is 12.8 Å². The number of carbonyl (C=O) groups excluding carboxylic acids is 2. The highest BCUT2D eigenvalue weighted by molar-refractivity contribution is 7.92. The van der Waals surface area contributed by atoms with Crippen molar-refractivity contribution in [3.63, 3.8) is 0 Å². The normalized spacial score (nSPS) is 12.9. The quantitative estimate of drug-likeness (QED) is 0.455. The molecule has 0 heterocycles. The Hall–Kier alpha value is -3.72. The molecule has 3 rings (SSSR count). The van der Waals surface area contributed by atoms with Crippen LogP contribution in [0, 0.1) is 5.82 Å². The third-order valence-corrected chi connectivity index (χ3v) is 6.67. The van der Waals surface area contributed by atoms with E-state index in [1.165, 1.54) is 12.1 Å². The van der Waals surface area contributed by atoms with Gasteiger partial charge in [0.25, 0.3) is 5.91 Å². The Labute approximate surface area is 205 Å². The molecule has 3 aromatic carbocycles. The van der Waals surface area contributed by atoms with Crippen molar-refractivity contribution in [2.45, 2.75) is 32.4 Å². The average Bonchev–Trinajstić information content (AvgIpc) is 2.83. The van der Waals surface area contributed by atoms with Crippen molar-refractivity contribution in [1.29, 1.82) is 0 Å². The van der Waals surface area contributed by atoms with Gasteiger partial charge in [0.15, 0.2) is 0 Å². The van der Waals surface area contributed by atoms with E-state index in [4.69, 9.17) is 0 Å². The molecule has 0 aliphatic carbocycles. The Kier molecular flexibility index (Phi) is 8.24. The van der Waals surface area contributed by atoms with E-state index in [2.05, 4.69) is 10.6 Å². The number of carbonyl (C=O) groups is 2. The lowest BCUT2D eigenvalue weighted by Crippen LogP contribution is -2.47. The second-order valence-corrected chi connectivity index (χ2v) is 9.96. The maximum absolute atomic E-state index is 13.4. The van der Waals surface area contributed by atoms with Crippen molar-refractivity contribution in [2.24, 2.45) is 0 Å². The third-order valence-electron chi connectivity index (χ3n) is 5.49. The highest BCUT2D eigenvalue weighted by Gasteiger charge is 2.32. The van der Waals surface area contributed by atoms with Crippen LogP contribution in [0.2, 0.25) is 0 Å². The van der Waals surface area contributed by atoms with Gasteiger partial charge in [-0.3, -0.25) is 13.9 Å². The molecular weight excluding hydrogens is 469 g/mol. The van der Waals surface area contributed by atoms with E-state index >= 15 is 0 Å². The van der Waals surface area contributed by atoms with Gasteiger partial charge in [-0.15, -0.1) is 0 Å². The molecule has 2 N–H and O–H groups in total. The summed E-state index contributed by atoms with van der Waals surface area (Å²) in [6.45, 7) is 3.53. The molecule has 7 nitrogen and oxygen atoms in total. The van der Waals surface area contributed by atoms with Gasteiger partial charge in [0.05, 0.1) is 29.2 Å². The smallest absolute Gasteiger partial charge is 0.253 e. The highest BCUT2D eigenvalue weighted by Crippen LogP contribution is 2.25. The molecule has 0 saturated carbocycles. The van der Waals surface area contributed by atoms with Gasteiger partial charge >= 0.3 is 0 Å². The summed E-state index contributed by atoms with van der Waals surface area (Å²) in [6, 6.07) is 19.4. The zero-order chi connectivity index (χ0) is 25.6. The second-order valence-electron chi connectivity index (χ2n) is 8.10. The van der Waals surface area contributed by atoms with Gasteiger partial charge in [-0.2, -0.15) is 0 Å². The number of halogens is 1. The van der Waals surface area contributed by atoms with E-state index in [1.54, 1.807) is 31.2 Å². The summed E-state index contributed by atoms with van der Waals surface area (Å²) in [6.07, 6.45) is 1.13. The molecule has 3 aromatic rings. The summed E-state index contributed by atoms with van der Waals surface area (Å²) in [7, 11) is -3.88. The van der Waals surface area contributed by atoms with Crippen LogP contribution in [0.15, 0.2) is 78.9 Å². The Bertz CT molecular complexity index is 1280. The molecule has 2 amide bonds. The van der Waals surface area contributed by atoms with E-state index in [0.29, 0.717) is 0 Å². The van der Waals surface area contributed by atoms with Crippen LogP contribution >= 0.6 is 0 Å². The first-order chi connectivity index (χ1) is 16.6. The SMILES string of the molecule is CC[C@@H](C(=O)Nc1ccccc1C(=O)N[C@H](C)c1ccccc1)N(c1ccc(F)cc1)S(C)(=O)=O. The monoisotopic (exact) mass is 497 g/mol. The van der Waals surface area contributed by atoms with Crippen molar-refractivity contribution >= 4 is 33.2 Å². The molecule has 0 unspecified atom stereocenters. The fourth-order valence-electron chi connectivity index (χ4n) is 3.75. The molecule has 0 aliphatic heterocycles. The van der Waals surface area contributed by atoms with Gasteiger partial charge in [-0.05, 0) is 55.3 Å². The summed E-state index contributed by atoms with van der Waals surface area (Å²) in [5, 5.41) is 5.62. The first-order valence-corrected chi connectivity index (χ1v) is 13.0. The summed E-state index contributed by atoms with van der Waals surface area (Å²) in [5.41, 5.74) is 1.59. The van der Waals surface area contributed by atoms with E-state index in [1.807, 2.05) is 37.3 Å². The maximum Gasteiger partial charge on any atom is 0.253 e. The number of nitrogens with zero attached hydrogens (tertiary/aromatic N) is 1. The number of rotatable bonds is 9. The maximum atomic E-state index is 13.4. The first kappa shape index (κ1) is 25.9. The van der Waals surface area contributed by atoms with Crippen LogP contribution in [-0.2, 0) is 14.8 Å². The minimum absolute atomic E-state index is 0.148. The molecule has 2 atom stereocenters. The molecule has 0 radical (unpaired) electrons. The fourth-order valence-corrected chi connectivity index (χ4v) is 4.97. The van der Waals surface area contributed by atoms with E-state index in [-0.39, 0.29) is 35.3 Å². The van der Waals surface area contributed by atoms with Crippen LogP contribution in [0.1, 0.15) is 42.2 Å². The molecule has 0 bridgehead atoms. The van der Waals surface area contributed by atoms with E-state index in [9.17, 15) is 22.4 Å². The first-order valence-electron chi connectivity index (χ1n) is 11.1. The molecule has 0 spiro atoms. The van der Waals surface area contributed by atoms with Gasteiger partial charge in [0, 0.05) is 0 Å². The van der Waals surface area contributed by atoms with Gasteiger partial charge < -0.3 is 10.6 Å². The van der Waals surface area contributed by atoms with E-state index in [0.717, 1.165) is 28.3 Å². The average molecular weight is 498 g/mol. The number of benzene rings is 3. The van der Waals surface area contributed by atoms with Crippen LogP contribution in [-0.4, -0.2) is 32.5 Å². The fraction of sp³-hybridized carbons (Fsp3) is 0.231. The highest BCUT2D eigenvalue weighted by atomic mass is 32.2. The molecule has 0 aromatic heterocycles. The number of hydrogen-bond acceptors (Lipinski definition) is 4. The zero-order valence-electron chi connectivity index (χ0n) is 19.7. The summed E-state index contributed by atoms with van der Waals surface area (Å²) in [5.74, 6) is -1.52. The third kappa shape index (κ3) is 6.45. The molecule has 184 valence electrons. The number of amides is 2. The lowest BCUT2D eigenvalue weighted by Gasteiger charge is -2.30. The molecular formula is C26H28FN3O4S. The van der Waals surface area contributed by atoms with Gasteiger partial charge in [0.2, 0.25) is 15.9 Å². The second kappa shape index (κ2) is 11.1. The number of hydrogen-bond donors (Lipinski definition) is 2. The van der Waals surface area contributed by atoms with Crippen molar-refractivity contribution in [3.05, 3.63) is 95.8 Å². The van der Waals surface area contributed by atoms with Crippen molar-refractivity contribution < 1.29 is 22.4 Å². The molecule has 0 saturated heterocycles. The summed E-state index contributed by atoms with van der Waals surface area (Å²) in [4.78, 5) is 26.3. The summed E-state index contributed by atoms with van der Waals surface area (Å²) >= 11 is 0. The zero-order valence-corrected chi connectivity index (χ0v) is 20.6.